The molecule has 1 atom stereocenters. The van der Waals surface area contributed by atoms with Gasteiger partial charge in [-0.15, -0.1) is 0 Å². The van der Waals surface area contributed by atoms with Gasteiger partial charge in [-0.2, -0.15) is 5.10 Å². The zero-order valence-electron chi connectivity index (χ0n) is 16.8. The van der Waals surface area contributed by atoms with Gasteiger partial charge in [-0.1, -0.05) is 6.92 Å². The Bertz CT molecular complexity index is 984. The SMILES string of the molecule is CCC(NC(=O)c1oc2cc(OC)ccc2c1C)c1c(C)nn(CC)c1C. The van der Waals surface area contributed by atoms with E-state index in [1.165, 1.54) is 0 Å². The van der Waals surface area contributed by atoms with Crippen LogP contribution in [0.2, 0.25) is 0 Å². The van der Waals surface area contributed by atoms with Crippen LogP contribution in [0.1, 0.15) is 59.4 Å². The van der Waals surface area contributed by atoms with Gasteiger partial charge in [0.05, 0.1) is 18.8 Å². The summed E-state index contributed by atoms with van der Waals surface area (Å²) in [6.45, 7) is 10.9. The minimum absolute atomic E-state index is 0.111. The van der Waals surface area contributed by atoms with Gasteiger partial charge >= 0.3 is 0 Å². The van der Waals surface area contributed by atoms with Gasteiger partial charge in [-0.3, -0.25) is 9.48 Å². The van der Waals surface area contributed by atoms with Crippen molar-refractivity contribution in [3.05, 3.63) is 46.5 Å². The van der Waals surface area contributed by atoms with Crippen LogP contribution in [0.15, 0.2) is 22.6 Å². The Hall–Kier alpha value is -2.76. The number of aromatic nitrogens is 2. The van der Waals surface area contributed by atoms with Crippen molar-refractivity contribution in [3.8, 4) is 5.75 Å². The van der Waals surface area contributed by atoms with Crippen LogP contribution < -0.4 is 10.1 Å². The lowest BCUT2D eigenvalue weighted by Crippen LogP contribution is -2.29. The van der Waals surface area contributed by atoms with Gasteiger partial charge < -0.3 is 14.5 Å². The molecule has 0 saturated carbocycles. The summed E-state index contributed by atoms with van der Waals surface area (Å²) in [5.74, 6) is 0.834. The van der Waals surface area contributed by atoms with Crippen molar-refractivity contribution in [2.75, 3.05) is 7.11 Å². The van der Waals surface area contributed by atoms with Crippen LogP contribution in [0.3, 0.4) is 0 Å². The van der Waals surface area contributed by atoms with E-state index in [1.54, 1.807) is 13.2 Å². The summed E-state index contributed by atoms with van der Waals surface area (Å²) in [6.07, 6.45) is 0.774. The Morgan fingerprint density at radius 3 is 2.63 bits per heavy atom. The first-order valence-corrected chi connectivity index (χ1v) is 9.33. The molecule has 27 heavy (non-hydrogen) atoms. The summed E-state index contributed by atoms with van der Waals surface area (Å²) in [5, 5.41) is 8.63. The number of hydrogen-bond acceptors (Lipinski definition) is 4. The summed E-state index contributed by atoms with van der Waals surface area (Å²) in [5.41, 5.74) is 4.61. The number of hydrogen-bond donors (Lipinski definition) is 1. The molecule has 144 valence electrons. The van der Waals surface area contributed by atoms with E-state index in [4.69, 9.17) is 9.15 Å². The first kappa shape index (κ1) is 19.0. The molecule has 0 radical (unpaired) electrons. The summed E-state index contributed by atoms with van der Waals surface area (Å²) in [6, 6.07) is 5.48. The van der Waals surface area contributed by atoms with Crippen LogP contribution in [-0.2, 0) is 6.54 Å². The predicted molar refractivity (Wildman–Crippen MR) is 105 cm³/mol. The van der Waals surface area contributed by atoms with Crippen LogP contribution in [0.5, 0.6) is 5.75 Å². The third-order valence-corrected chi connectivity index (χ3v) is 5.15. The minimum atomic E-state index is -0.211. The average molecular weight is 369 g/mol. The number of aryl methyl sites for hydroxylation is 3. The molecule has 0 aliphatic heterocycles. The second-order valence-electron chi connectivity index (χ2n) is 6.75. The van der Waals surface area contributed by atoms with Crippen molar-refractivity contribution in [2.24, 2.45) is 0 Å². The summed E-state index contributed by atoms with van der Waals surface area (Å²) in [7, 11) is 1.61. The fourth-order valence-electron chi connectivity index (χ4n) is 3.67. The van der Waals surface area contributed by atoms with Gasteiger partial charge in [-0.25, -0.2) is 0 Å². The lowest BCUT2D eigenvalue weighted by molar-refractivity contribution is 0.0908. The monoisotopic (exact) mass is 369 g/mol. The lowest BCUT2D eigenvalue weighted by atomic mass is 10.0. The van der Waals surface area contributed by atoms with Crippen molar-refractivity contribution in [3.63, 3.8) is 0 Å². The molecule has 2 aromatic heterocycles. The quantitative estimate of drug-likeness (QED) is 0.696. The number of methoxy groups -OCH3 is 1. The van der Waals surface area contributed by atoms with Crippen LogP contribution in [0, 0.1) is 20.8 Å². The Morgan fingerprint density at radius 2 is 2.04 bits per heavy atom. The van der Waals surface area contributed by atoms with E-state index in [2.05, 4.69) is 24.3 Å². The van der Waals surface area contributed by atoms with E-state index in [0.717, 1.165) is 40.9 Å². The zero-order chi connectivity index (χ0) is 19.7. The molecule has 3 aromatic rings. The molecule has 2 heterocycles. The fourth-order valence-corrected chi connectivity index (χ4v) is 3.67. The van der Waals surface area contributed by atoms with Crippen LogP contribution in [-0.4, -0.2) is 22.8 Å². The highest BCUT2D eigenvalue weighted by Crippen LogP contribution is 2.30. The number of rotatable bonds is 6. The first-order valence-electron chi connectivity index (χ1n) is 9.33. The Balaban J connectivity index is 1.93. The molecular weight excluding hydrogens is 342 g/mol. The zero-order valence-corrected chi connectivity index (χ0v) is 16.8. The third-order valence-electron chi connectivity index (χ3n) is 5.15. The van der Waals surface area contributed by atoms with Crippen molar-refractivity contribution in [1.82, 2.24) is 15.1 Å². The van der Waals surface area contributed by atoms with Gasteiger partial charge in [0.25, 0.3) is 5.91 Å². The number of benzene rings is 1. The number of carbonyl (C=O) groups excluding carboxylic acids is 1. The highest BCUT2D eigenvalue weighted by molar-refractivity contribution is 5.99. The smallest absolute Gasteiger partial charge is 0.287 e. The maximum atomic E-state index is 13.0. The van der Waals surface area contributed by atoms with Gasteiger partial charge in [0.1, 0.15) is 11.3 Å². The van der Waals surface area contributed by atoms with Gasteiger partial charge in [-0.05, 0) is 46.2 Å². The Morgan fingerprint density at radius 1 is 1.30 bits per heavy atom. The van der Waals surface area contributed by atoms with Gasteiger partial charge in [0.15, 0.2) is 5.76 Å². The van der Waals surface area contributed by atoms with Crippen LogP contribution >= 0.6 is 0 Å². The van der Waals surface area contributed by atoms with Gasteiger partial charge in [0.2, 0.25) is 0 Å². The van der Waals surface area contributed by atoms with Crippen molar-refractivity contribution >= 4 is 16.9 Å². The molecule has 0 saturated heterocycles. The molecule has 1 aromatic carbocycles. The predicted octanol–water partition coefficient (Wildman–Crippen LogP) is 4.46. The first-order chi connectivity index (χ1) is 12.9. The van der Waals surface area contributed by atoms with E-state index < -0.39 is 0 Å². The summed E-state index contributed by atoms with van der Waals surface area (Å²) >= 11 is 0. The number of amides is 1. The summed E-state index contributed by atoms with van der Waals surface area (Å²) in [4.78, 5) is 13.0. The van der Waals surface area contributed by atoms with E-state index in [9.17, 15) is 4.79 Å². The number of carbonyl (C=O) groups is 1. The van der Waals surface area contributed by atoms with Crippen LogP contribution in [0.4, 0.5) is 0 Å². The van der Waals surface area contributed by atoms with Crippen molar-refractivity contribution in [1.29, 1.82) is 0 Å². The fraction of sp³-hybridized carbons (Fsp3) is 0.429. The van der Waals surface area contributed by atoms with Crippen molar-refractivity contribution in [2.45, 2.75) is 53.6 Å². The molecule has 1 N–H and O–H groups in total. The Labute approximate surface area is 159 Å². The lowest BCUT2D eigenvalue weighted by Gasteiger charge is -2.17. The highest BCUT2D eigenvalue weighted by Gasteiger charge is 2.24. The second-order valence-corrected chi connectivity index (χ2v) is 6.75. The molecule has 0 aliphatic rings. The summed E-state index contributed by atoms with van der Waals surface area (Å²) < 4.78 is 13.1. The van der Waals surface area contributed by atoms with Crippen molar-refractivity contribution < 1.29 is 13.9 Å². The molecule has 6 heteroatoms. The van der Waals surface area contributed by atoms with Crippen LogP contribution in [0.25, 0.3) is 11.0 Å². The number of nitrogens with zero attached hydrogens (tertiary/aromatic N) is 2. The maximum absolute atomic E-state index is 13.0. The number of fused-ring (bicyclic) bond motifs is 1. The maximum Gasteiger partial charge on any atom is 0.287 e. The molecular formula is C21H27N3O3. The van der Waals surface area contributed by atoms with E-state index >= 15 is 0 Å². The van der Waals surface area contributed by atoms with E-state index in [1.807, 2.05) is 37.6 Å². The third kappa shape index (κ3) is 3.31. The van der Waals surface area contributed by atoms with E-state index in [0.29, 0.717) is 17.1 Å². The average Bonchev–Trinajstić information content (AvgIpc) is 3.15. The van der Waals surface area contributed by atoms with E-state index in [-0.39, 0.29) is 11.9 Å². The Kier molecular flexibility index (Phi) is 5.26. The number of furan rings is 1. The molecule has 6 nitrogen and oxygen atoms in total. The molecule has 1 unspecified atom stereocenters. The topological polar surface area (TPSA) is 69.3 Å². The molecule has 1 amide bonds. The normalized spacial score (nSPS) is 12.4. The number of ether oxygens (including phenoxy) is 1. The molecule has 0 aliphatic carbocycles. The molecule has 0 bridgehead atoms. The molecule has 0 spiro atoms. The molecule has 3 rings (SSSR count). The highest BCUT2D eigenvalue weighted by atomic mass is 16.5. The standard InChI is InChI=1S/C21H27N3O3/c1-7-17(19-13(4)23-24(8-2)14(19)5)22-21(25)20-12(3)16-10-9-15(26-6)11-18(16)27-20/h9-11,17H,7-8H2,1-6H3,(H,22,25). The largest absolute Gasteiger partial charge is 0.497 e. The number of nitrogens with one attached hydrogen (secondary N) is 1. The second kappa shape index (κ2) is 7.47. The van der Waals surface area contributed by atoms with Gasteiger partial charge in [0, 0.05) is 34.8 Å². The molecule has 0 fully saturated rings. The minimum Gasteiger partial charge on any atom is -0.497 e.